The van der Waals surface area contributed by atoms with Crippen LogP contribution in [0.15, 0.2) is 66.7 Å². The normalized spacial score (nSPS) is 13.3. The van der Waals surface area contributed by atoms with Crippen LogP contribution < -0.4 is 26.8 Å². The number of ether oxygens (including phenoxy) is 2. The number of rotatable bonds is 11. The molecule has 0 bridgehead atoms. The van der Waals surface area contributed by atoms with Gasteiger partial charge in [0.15, 0.2) is 11.6 Å². The van der Waals surface area contributed by atoms with E-state index in [4.69, 9.17) is 20.9 Å². The second-order valence-electron chi connectivity index (χ2n) is 13.0. The van der Waals surface area contributed by atoms with Crippen LogP contribution in [0.2, 0.25) is 0 Å². The van der Waals surface area contributed by atoms with Crippen molar-refractivity contribution in [2.45, 2.75) is 60.0 Å². The monoisotopic (exact) mass is 767 g/mol. The van der Waals surface area contributed by atoms with Crippen LogP contribution in [0.5, 0.6) is 17.2 Å². The predicted octanol–water partition coefficient (Wildman–Crippen LogP) is 5.49. The number of nitrogens with two attached hydrogens (primary N) is 2. The van der Waals surface area contributed by atoms with Gasteiger partial charge in [0.05, 0.1) is 29.9 Å². The molecular formula is C41H53N9O6. The van der Waals surface area contributed by atoms with Crippen LogP contribution >= 0.6 is 0 Å². The van der Waals surface area contributed by atoms with Crippen molar-refractivity contribution in [3.05, 3.63) is 78.0 Å². The average molecular weight is 768 g/mol. The molecule has 56 heavy (non-hydrogen) atoms. The maximum Gasteiger partial charge on any atom is 0.308 e. The van der Waals surface area contributed by atoms with E-state index in [0.29, 0.717) is 79.6 Å². The number of aryl methyl sites for hydroxylation is 1. The van der Waals surface area contributed by atoms with Gasteiger partial charge in [-0.3, -0.25) is 9.59 Å². The number of para-hydroxylation sites is 1. The number of carbonyl (C=O) groups is 2. The van der Waals surface area contributed by atoms with E-state index in [9.17, 15) is 19.8 Å². The number of phenols is 2. The molecule has 1 saturated heterocycles. The summed E-state index contributed by atoms with van der Waals surface area (Å²) in [6.07, 6.45) is 0.823. The van der Waals surface area contributed by atoms with E-state index in [1.807, 2.05) is 58.9 Å². The van der Waals surface area contributed by atoms with Crippen LogP contribution in [0, 0.1) is 6.92 Å². The summed E-state index contributed by atoms with van der Waals surface area (Å²) < 4.78 is 10.4. The van der Waals surface area contributed by atoms with Crippen molar-refractivity contribution in [1.29, 1.82) is 0 Å². The van der Waals surface area contributed by atoms with Gasteiger partial charge in [0.1, 0.15) is 34.6 Å². The molecule has 6 rings (SSSR count). The highest BCUT2D eigenvalue weighted by Gasteiger charge is 2.22. The van der Waals surface area contributed by atoms with E-state index in [1.165, 1.54) is 25.1 Å². The minimum atomic E-state index is -0.444. The number of nitrogens with one attached hydrogen (secondary N) is 2. The minimum absolute atomic E-state index is 0.00525. The lowest BCUT2D eigenvalue weighted by Gasteiger charge is -2.26. The molecule has 15 heteroatoms. The third-order valence-electron chi connectivity index (χ3n) is 8.37. The number of hydrogen-bond donors (Lipinski definition) is 6. The number of amides is 1. The molecule has 2 aromatic heterocycles. The standard InChI is InChI=1S/C20H27N5O3.C19H20N4O3.C2H6/c1-3-14(21)12-22-18-11-16(20(27)25-6-8-28-9-7-25)23-19(24-18)15-10-13(2)4-5-17(15)26;1-11(20)10-21-18-14-5-3-4-6-16(14)22-19(23-18)15-9-13(26-12(2)24)7-8-17(15)25;1-2/h4-5,10-11,14,26H,3,6-9,12,21H2,1-2H3,(H,22,23,24);3-9,11,25H,10,20H2,1-2H3,(H,21,22,23);1-2H3. The lowest BCUT2D eigenvalue weighted by molar-refractivity contribution is -0.131. The quantitative estimate of drug-likeness (QED) is 0.0722. The zero-order valence-electron chi connectivity index (χ0n) is 32.9. The first-order chi connectivity index (χ1) is 26.9. The van der Waals surface area contributed by atoms with E-state index in [-0.39, 0.29) is 35.2 Å². The van der Waals surface area contributed by atoms with Gasteiger partial charge in [-0.05, 0) is 62.7 Å². The van der Waals surface area contributed by atoms with Gasteiger partial charge >= 0.3 is 5.97 Å². The number of aromatic nitrogens is 4. The fraction of sp³-hybridized carbons (Fsp3) is 0.366. The molecule has 1 amide bonds. The molecular weight excluding hydrogens is 715 g/mol. The van der Waals surface area contributed by atoms with Gasteiger partial charge in [0.25, 0.3) is 5.91 Å². The zero-order valence-corrected chi connectivity index (χ0v) is 32.9. The molecule has 1 aliphatic heterocycles. The largest absolute Gasteiger partial charge is 0.507 e. The Bertz CT molecular complexity index is 2090. The summed E-state index contributed by atoms with van der Waals surface area (Å²) in [5.74, 6) is 1.50. The summed E-state index contributed by atoms with van der Waals surface area (Å²) in [5.41, 5.74) is 14.6. The molecule has 1 aliphatic rings. The number of fused-ring (bicyclic) bond motifs is 1. The fourth-order valence-corrected chi connectivity index (χ4v) is 5.42. The fourth-order valence-electron chi connectivity index (χ4n) is 5.42. The number of nitrogens with zero attached hydrogens (tertiary/aromatic N) is 5. The van der Waals surface area contributed by atoms with Gasteiger partial charge < -0.3 is 46.7 Å². The third kappa shape index (κ3) is 11.8. The van der Waals surface area contributed by atoms with Gasteiger partial charge in [-0.2, -0.15) is 0 Å². The number of carbonyl (C=O) groups excluding carboxylic acids is 2. The highest BCUT2D eigenvalue weighted by Crippen LogP contribution is 2.33. The van der Waals surface area contributed by atoms with E-state index < -0.39 is 5.97 Å². The van der Waals surface area contributed by atoms with Crippen LogP contribution in [0.4, 0.5) is 11.6 Å². The second kappa shape index (κ2) is 20.7. The van der Waals surface area contributed by atoms with Crippen LogP contribution in [0.25, 0.3) is 33.7 Å². The van der Waals surface area contributed by atoms with E-state index in [2.05, 4.69) is 30.6 Å². The first kappa shape index (κ1) is 42.8. The molecule has 0 saturated carbocycles. The van der Waals surface area contributed by atoms with Crippen LogP contribution in [-0.2, 0) is 9.53 Å². The Kier molecular flexibility index (Phi) is 15.8. The summed E-state index contributed by atoms with van der Waals surface area (Å²) in [5, 5.41) is 27.8. The molecule has 8 N–H and O–H groups in total. The molecule has 3 aromatic carbocycles. The molecule has 3 heterocycles. The second-order valence-corrected chi connectivity index (χ2v) is 13.0. The lowest BCUT2D eigenvalue weighted by atomic mass is 10.1. The van der Waals surface area contributed by atoms with Gasteiger partial charge in [-0.15, -0.1) is 0 Å². The Hall–Kier alpha value is -5.90. The topological polar surface area (TPSA) is 224 Å². The summed E-state index contributed by atoms with van der Waals surface area (Å²) in [4.78, 5) is 43.9. The Balaban J connectivity index is 0.000000239. The van der Waals surface area contributed by atoms with Crippen molar-refractivity contribution in [2.75, 3.05) is 50.0 Å². The molecule has 0 aliphatic carbocycles. The van der Waals surface area contributed by atoms with Crippen molar-refractivity contribution in [1.82, 2.24) is 24.8 Å². The van der Waals surface area contributed by atoms with Gasteiger partial charge in [-0.25, -0.2) is 19.9 Å². The molecule has 2 atom stereocenters. The Morgan fingerprint density at radius 2 is 1.54 bits per heavy atom. The van der Waals surface area contributed by atoms with Crippen molar-refractivity contribution in [3.8, 4) is 40.0 Å². The van der Waals surface area contributed by atoms with E-state index in [0.717, 1.165) is 22.9 Å². The van der Waals surface area contributed by atoms with E-state index in [1.54, 1.807) is 29.2 Å². The zero-order chi connectivity index (χ0) is 40.8. The highest BCUT2D eigenvalue weighted by atomic mass is 16.5. The molecule has 1 fully saturated rings. The molecule has 298 valence electrons. The number of esters is 1. The van der Waals surface area contributed by atoms with Crippen molar-refractivity contribution in [2.24, 2.45) is 11.5 Å². The number of phenolic OH excluding ortho intramolecular Hbond substituents is 2. The molecule has 15 nitrogen and oxygen atoms in total. The SMILES string of the molecule is CC.CC(=O)Oc1ccc(O)c(-c2nc(NCC(C)N)c3ccccc3n2)c1.CCC(N)CNc1cc(C(=O)N2CCOCC2)nc(-c2cc(C)ccc2O)n1. The first-order valence-electron chi connectivity index (χ1n) is 18.7. The third-order valence-corrected chi connectivity index (χ3v) is 8.37. The average Bonchev–Trinajstić information content (AvgIpc) is 3.21. The smallest absolute Gasteiger partial charge is 0.308 e. The Morgan fingerprint density at radius 3 is 2.21 bits per heavy atom. The maximum absolute atomic E-state index is 12.9. The summed E-state index contributed by atoms with van der Waals surface area (Å²) in [6, 6.07) is 18.8. The molecule has 2 unspecified atom stereocenters. The Morgan fingerprint density at radius 1 is 0.875 bits per heavy atom. The summed E-state index contributed by atoms with van der Waals surface area (Å²) >= 11 is 0. The highest BCUT2D eigenvalue weighted by molar-refractivity contribution is 5.94. The number of hydrogen-bond acceptors (Lipinski definition) is 14. The Labute approximate surface area is 327 Å². The van der Waals surface area contributed by atoms with Gasteiger partial charge in [-0.1, -0.05) is 44.5 Å². The maximum atomic E-state index is 12.9. The van der Waals surface area contributed by atoms with Crippen molar-refractivity contribution < 1.29 is 29.3 Å². The first-order valence-corrected chi connectivity index (χ1v) is 18.7. The summed E-state index contributed by atoms with van der Waals surface area (Å²) in [7, 11) is 0. The number of benzene rings is 3. The van der Waals surface area contributed by atoms with Crippen molar-refractivity contribution >= 4 is 34.4 Å². The molecule has 5 aromatic rings. The van der Waals surface area contributed by atoms with Crippen LogP contribution in [0.1, 0.15) is 57.1 Å². The predicted molar refractivity (Wildman–Crippen MR) is 219 cm³/mol. The van der Waals surface area contributed by atoms with Gasteiger partial charge in [0.2, 0.25) is 0 Å². The van der Waals surface area contributed by atoms with Crippen LogP contribution in [-0.4, -0.2) is 98.4 Å². The lowest BCUT2D eigenvalue weighted by Crippen LogP contribution is -2.41. The number of anilines is 2. The summed E-state index contributed by atoms with van der Waals surface area (Å²) in [6.45, 7) is 14.3. The van der Waals surface area contributed by atoms with E-state index >= 15 is 0 Å². The van der Waals surface area contributed by atoms with Crippen LogP contribution in [0.3, 0.4) is 0 Å². The molecule has 0 spiro atoms. The number of aromatic hydroxyl groups is 2. The minimum Gasteiger partial charge on any atom is -0.507 e. The number of morpholine rings is 1. The van der Waals surface area contributed by atoms with Crippen molar-refractivity contribution in [3.63, 3.8) is 0 Å². The van der Waals surface area contributed by atoms with Gasteiger partial charge in [0, 0.05) is 56.6 Å². The molecule has 0 radical (unpaired) electrons.